The lowest BCUT2D eigenvalue weighted by Gasteiger charge is -2.07. The highest BCUT2D eigenvalue weighted by atomic mass is 79.9. The maximum atomic E-state index is 13.3. The van der Waals surface area contributed by atoms with Gasteiger partial charge in [-0.1, -0.05) is 12.1 Å². The maximum Gasteiger partial charge on any atom is 0.137 e. The van der Waals surface area contributed by atoms with E-state index in [9.17, 15) is 4.39 Å². The zero-order chi connectivity index (χ0) is 13.0. The van der Waals surface area contributed by atoms with Crippen molar-refractivity contribution in [2.45, 2.75) is 13.0 Å². The van der Waals surface area contributed by atoms with E-state index >= 15 is 0 Å². The maximum absolute atomic E-state index is 13.3. The Morgan fingerprint density at radius 3 is 3.00 bits per heavy atom. The van der Waals surface area contributed by atoms with Gasteiger partial charge in [-0.05, 0) is 27.6 Å². The van der Waals surface area contributed by atoms with Crippen LogP contribution in [0.4, 0.5) is 4.39 Å². The first kappa shape index (κ1) is 13.2. The molecule has 18 heavy (non-hydrogen) atoms. The lowest BCUT2D eigenvalue weighted by atomic mass is 10.2. The van der Waals surface area contributed by atoms with E-state index in [1.807, 2.05) is 17.7 Å². The highest BCUT2D eigenvalue weighted by molar-refractivity contribution is 9.10. The van der Waals surface area contributed by atoms with Gasteiger partial charge in [-0.15, -0.1) is 10.2 Å². The molecule has 0 saturated heterocycles. The zero-order valence-corrected chi connectivity index (χ0v) is 11.6. The van der Waals surface area contributed by atoms with Gasteiger partial charge in [0.2, 0.25) is 0 Å². The average molecular weight is 313 g/mol. The molecule has 0 aliphatic carbocycles. The Kier molecular flexibility index (Phi) is 4.43. The normalized spacial score (nSPS) is 10.8. The minimum atomic E-state index is -0.234. The summed E-state index contributed by atoms with van der Waals surface area (Å²) in [6.45, 7) is 1.39. The number of benzene rings is 1. The monoisotopic (exact) mass is 312 g/mol. The van der Waals surface area contributed by atoms with Crippen LogP contribution in [0.15, 0.2) is 29.0 Å². The standard InChI is InChI=1S/C12H14BrFN4/c1-18-8-16-17-11(18)5-6-15-7-9-3-2-4-10(14)12(9)13/h2-4,8,15H,5-7H2,1H3. The van der Waals surface area contributed by atoms with Crippen molar-refractivity contribution in [1.82, 2.24) is 20.1 Å². The molecular formula is C12H14BrFN4. The predicted molar refractivity (Wildman–Crippen MR) is 70.5 cm³/mol. The van der Waals surface area contributed by atoms with Gasteiger partial charge in [0.05, 0.1) is 4.47 Å². The van der Waals surface area contributed by atoms with E-state index in [0.717, 1.165) is 24.4 Å². The lowest BCUT2D eigenvalue weighted by molar-refractivity contribution is 0.609. The molecule has 0 atom stereocenters. The Hall–Kier alpha value is -1.27. The van der Waals surface area contributed by atoms with Crippen LogP contribution >= 0.6 is 15.9 Å². The van der Waals surface area contributed by atoms with Gasteiger partial charge >= 0.3 is 0 Å². The summed E-state index contributed by atoms with van der Waals surface area (Å²) < 4.78 is 15.7. The minimum absolute atomic E-state index is 0.234. The molecule has 2 aromatic rings. The molecule has 1 aromatic carbocycles. The third kappa shape index (κ3) is 3.14. The molecule has 1 heterocycles. The van der Waals surface area contributed by atoms with Crippen molar-refractivity contribution >= 4 is 15.9 Å². The molecular weight excluding hydrogens is 299 g/mol. The van der Waals surface area contributed by atoms with E-state index in [4.69, 9.17) is 0 Å². The smallest absolute Gasteiger partial charge is 0.137 e. The summed E-state index contributed by atoms with van der Waals surface area (Å²) in [6.07, 6.45) is 2.47. The number of hydrogen-bond acceptors (Lipinski definition) is 3. The summed E-state index contributed by atoms with van der Waals surface area (Å²) in [5, 5.41) is 11.1. The molecule has 0 aliphatic rings. The van der Waals surface area contributed by atoms with Gasteiger partial charge in [0, 0.05) is 26.6 Å². The summed E-state index contributed by atoms with van der Waals surface area (Å²) in [5.41, 5.74) is 0.910. The first-order valence-electron chi connectivity index (χ1n) is 5.65. The van der Waals surface area contributed by atoms with Crippen LogP contribution in [0.3, 0.4) is 0 Å². The van der Waals surface area contributed by atoms with Crippen LogP contribution in [0.1, 0.15) is 11.4 Å². The Labute approximate surface area is 113 Å². The number of aryl methyl sites for hydroxylation is 1. The Morgan fingerprint density at radius 2 is 2.28 bits per heavy atom. The molecule has 0 saturated carbocycles. The molecule has 0 fully saturated rings. The Morgan fingerprint density at radius 1 is 1.44 bits per heavy atom. The molecule has 1 N–H and O–H groups in total. The fourth-order valence-corrected chi connectivity index (χ4v) is 2.05. The third-order valence-corrected chi connectivity index (χ3v) is 3.57. The van der Waals surface area contributed by atoms with E-state index in [2.05, 4.69) is 31.4 Å². The van der Waals surface area contributed by atoms with E-state index in [-0.39, 0.29) is 5.82 Å². The number of rotatable bonds is 5. The molecule has 0 bridgehead atoms. The number of hydrogen-bond donors (Lipinski definition) is 1. The Balaban J connectivity index is 1.82. The second-order valence-electron chi connectivity index (χ2n) is 4.00. The highest BCUT2D eigenvalue weighted by Crippen LogP contribution is 2.19. The van der Waals surface area contributed by atoms with Crippen LogP contribution in [0.2, 0.25) is 0 Å². The van der Waals surface area contributed by atoms with E-state index in [1.54, 1.807) is 12.4 Å². The second-order valence-corrected chi connectivity index (χ2v) is 4.79. The van der Waals surface area contributed by atoms with E-state index in [0.29, 0.717) is 11.0 Å². The fourth-order valence-electron chi connectivity index (χ4n) is 1.64. The van der Waals surface area contributed by atoms with Crippen molar-refractivity contribution in [2.75, 3.05) is 6.54 Å². The van der Waals surface area contributed by atoms with Crippen molar-refractivity contribution in [3.63, 3.8) is 0 Å². The summed E-state index contributed by atoms with van der Waals surface area (Å²) in [6, 6.07) is 5.04. The summed E-state index contributed by atoms with van der Waals surface area (Å²) in [5.74, 6) is 0.698. The highest BCUT2D eigenvalue weighted by Gasteiger charge is 2.05. The van der Waals surface area contributed by atoms with Gasteiger partial charge in [-0.3, -0.25) is 0 Å². The first-order chi connectivity index (χ1) is 8.68. The third-order valence-electron chi connectivity index (χ3n) is 2.68. The van der Waals surface area contributed by atoms with Crippen LogP contribution in [-0.2, 0) is 20.0 Å². The largest absolute Gasteiger partial charge is 0.321 e. The topological polar surface area (TPSA) is 42.7 Å². The van der Waals surface area contributed by atoms with Crippen molar-refractivity contribution < 1.29 is 4.39 Å². The van der Waals surface area contributed by atoms with Crippen molar-refractivity contribution in [3.05, 3.63) is 46.2 Å². The molecule has 0 aliphatic heterocycles. The van der Waals surface area contributed by atoms with Gasteiger partial charge in [0.1, 0.15) is 18.0 Å². The van der Waals surface area contributed by atoms with E-state index in [1.165, 1.54) is 6.07 Å². The molecule has 0 spiro atoms. The molecule has 0 radical (unpaired) electrons. The first-order valence-corrected chi connectivity index (χ1v) is 6.44. The van der Waals surface area contributed by atoms with Crippen LogP contribution in [-0.4, -0.2) is 21.3 Å². The van der Waals surface area contributed by atoms with Crippen LogP contribution < -0.4 is 5.32 Å². The molecule has 0 unspecified atom stereocenters. The molecule has 2 rings (SSSR count). The van der Waals surface area contributed by atoms with Gasteiger partial charge in [-0.25, -0.2) is 4.39 Å². The zero-order valence-electron chi connectivity index (χ0n) is 10.0. The van der Waals surface area contributed by atoms with Crippen molar-refractivity contribution in [3.8, 4) is 0 Å². The summed E-state index contributed by atoms with van der Waals surface area (Å²) >= 11 is 3.24. The van der Waals surface area contributed by atoms with Gasteiger partial charge in [0.15, 0.2) is 0 Å². The number of aromatic nitrogens is 3. The summed E-state index contributed by atoms with van der Waals surface area (Å²) in [4.78, 5) is 0. The molecule has 1 aromatic heterocycles. The molecule has 96 valence electrons. The fraction of sp³-hybridized carbons (Fsp3) is 0.333. The van der Waals surface area contributed by atoms with Crippen molar-refractivity contribution in [2.24, 2.45) is 7.05 Å². The number of nitrogens with one attached hydrogen (secondary N) is 1. The van der Waals surface area contributed by atoms with Crippen molar-refractivity contribution in [1.29, 1.82) is 0 Å². The average Bonchev–Trinajstić information content (AvgIpc) is 2.76. The predicted octanol–water partition coefficient (Wildman–Crippen LogP) is 2.05. The quantitative estimate of drug-likeness (QED) is 0.859. The second kappa shape index (κ2) is 6.06. The van der Waals surface area contributed by atoms with Gasteiger partial charge < -0.3 is 9.88 Å². The van der Waals surface area contributed by atoms with E-state index < -0.39 is 0 Å². The molecule has 6 heteroatoms. The van der Waals surface area contributed by atoms with Gasteiger partial charge in [-0.2, -0.15) is 0 Å². The molecule has 4 nitrogen and oxygen atoms in total. The number of nitrogens with zero attached hydrogens (tertiary/aromatic N) is 3. The van der Waals surface area contributed by atoms with Crippen LogP contribution in [0, 0.1) is 5.82 Å². The van der Waals surface area contributed by atoms with Gasteiger partial charge in [0.25, 0.3) is 0 Å². The number of halogens is 2. The van der Waals surface area contributed by atoms with Crippen LogP contribution in [0.25, 0.3) is 0 Å². The lowest BCUT2D eigenvalue weighted by Crippen LogP contribution is -2.18. The SMILES string of the molecule is Cn1cnnc1CCNCc1cccc(F)c1Br. The minimum Gasteiger partial charge on any atom is -0.321 e. The Bertz CT molecular complexity index is 527. The molecule has 0 amide bonds. The van der Waals surface area contributed by atoms with Crippen LogP contribution in [0.5, 0.6) is 0 Å². The summed E-state index contributed by atoms with van der Waals surface area (Å²) in [7, 11) is 1.92.